The molecule has 3 aromatic carbocycles. The van der Waals surface area contributed by atoms with Gasteiger partial charge < -0.3 is 9.64 Å². The highest BCUT2D eigenvalue weighted by molar-refractivity contribution is 5.97. The molecule has 1 aliphatic rings. The molecule has 2 atom stereocenters. The van der Waals surface area contributed by atoms with Crippen LogP contribution in [0, 0.1) is 0 Å². The van der Waals surface area contributed by atoms with E-state index in [1.807, 2.05) is 54.6 Å². The molecular formula is C29H29NO4. The van der Waals surface area contributed by atoms with E-state index in [0.717, 1.165) is 19.3 Å². The zero-order valence-corrected chi connectivity index (χ0v) is 19.1. The van der Waals surface area contributed by atoms with Crippen LogP contribution in [0.5, 0.6) is 5.75 Å². The lowest BCUT2D eigenvalue weighted by Crippen LogP contribution is -2.53. The Labute approximate surface area is 200 Å². The van der Waals surface area contributed by atoms with Crippen LogP contribution in [0.1, 0.15) is 52.8 Å². The third-order valence-corrected chi connectivity index (χ3v) is 6.29. The summed E-state index contributed by atoms with van der Waals surface area (Å²) in [4.78, 5) is 41.1. The summed E-state index contributed by atoms with van der Waals surface area (Å²) < 4.78 is 5.74. The van der Waals surface area contributed by atoms with Crippen molar-refractivity contribution in [2.24, 2.45) is 0 Å². The minimum Gasteiger partial charge on any atom is -0.484 e. The molecule has 0 spiro atoms. The van der Waals surface area contributed by atoms with Crippen LogP contribution in [0.3, 0.4) is 0 Å². The minimum absolute atomic E-state index is 0.00223. The second kappa shape index (κ2) is 11.4. The summed E-state index contributed by atoms with van der Waals surface area (Å²) in [5.74, 6) is 0.423. The monoisotopic (exact) mass is 455 g/mol. The number of nitrogens with zero attached hydrogens (tertiary/aromatic N) is 1. The van der Waals surface area contributed by atoms with Crippen molar-refractivity contribution < 1.29 is 19.1 Å². The largest absolute Gasteiger partial charge is 0.484 e. The number of benzene rings is 3. The Hall–Kier alpha value is -3.73. The van der Waals surface area contributed by atoms with Crippen LogP contribution in [0.25, 0.3) is 0 Å². The summed E-state index contributed by atoms with van der Waals surface area (Å²) in [6.45, 7) is -0.129. The van der Waals surface area contributed by atoms with Gasteiger partial charge in [-0.1, -0.05) is 78.9 Å². The lowest BCUT2D eigenvalue weighted by molar-refractivity contribution is -0.140. The Morgan fingerprint density at radius 3 is 1.59 bits per heavy atom. The number of rotatable bonds is 9. The van der Waals surface area contributed by atoms with Crippen molar-refractivity contribution in [3.63, 3.8) is 0 Å². The van der Waals surface area contributed by atoms with Crippen molar-refractivity contribution in [1.29, 1.82) is 0 Å². The zero-order chi connectivity index (χ0) is 23.8. The Kier molecular flexibility index (Phi) is 7.87. The Morgan fingerprint density at radius 2 is 1.12 bits per heavy atom. The smallest absolute Gasteiger partial charge is 0.261 e. The maximum Gasteiger partial charge on any atom is 0.261 e. The summed E-state index contributed by atoms with van der Waals surface area (Å²) in [6.07, 6.45) is 2.79. The molecule has 5 heteroatoms. The van der Waals surface area contributed by atoms with Crippen LogP contribution in [-0.2, 0) is 4.79 Å². The van der Waals surface area contributed by atoms with Gasteiger partial charge in [0.1, 0.15) is 5.75 Å². The average molecular weight is 456 g/mol. The van der Waals surface area contributed by atoms with Crippen molar-refractivity contribution in [3.05, 3.63) is 102 Å². The molecule has 0 bridgehead atoms. The van der Waals surface area contributed by atoms with E-state index in [0.29, 0.717) is 16.9 Å². The van der Waals surface area contributed by atoms with Crippen molar-refractivity contribution in [1.82, 2.24) is 4.90 Å². The number of likely N-dealkylation sites (tertiary alicyclic amines) is 1. The van der Waals surface area contributed by atoms with Gasteiger partial charge in [0, 0.05) is 36.1 Å². The Balaban J connectivity index is 1.52. The fourth-order valence-electron chi connectivity index (χ4n) is 4.62. The number of piperidine rings is 1. The summed E-state index contributed by atoms with van der Waals surface area (Å²) in [5.41, 5.74) is 1.27. The van der Waals surface area contributed by atoms with Gasteiger partial charge in [-0.2, -0.15) is 0 Å². The number of Topliss-reactive ketones (excluding diaryl/α,β-unsaturated/α-hetero) is 2. The molecule has 0 aromatic heterocycles. The molecule has 4 rings (SSSR count). The minimum atomic E-state index is -0.262. The van der Waals surface area contributed by atoms with E-state index < -0.39 is 0 Å². The molecule has 1 aliphatic heterocycles. The summed E-state index contributed by atoms with van der Waals surface area (Å²) >= 11 is 0. The molecule has 174 valence electrons. The number of ether oxygens (including phenoxy) is 1. The van der Waals surface area contributed by atoms with Crippen LogP contribution < -0.4 is 4.74 Å². The van der Waals surface area contributed by atoms with Gasteiger partial charge in [0.2, 0.25) is 0 Å². The number of carbonyl (C=O) groups excluding carboxylic acids is 3. The maximum absolute atomic E-state index is 13.4. The third kappa shape index (κ3) is 5.98. The summed E-state index contributed by atoms with van der Waals surface area (Å²) in [5, 5.41) is 0. The molecule has 0 N–H and O–H groups in total. The van der Waals surface area contributed by atoms with Gasteiger partial charge in [0.15, 0.2) is 18.2 Å². The molecular weight excluding hydrogens is 426 g/mol. The topological polar surface area (TPSA) is 63.7 Å². The number of ketones is 2. The second-order valence-corrected chi connectivity index (χ2v) is 8.63. The first-order valence-electron chi connectivity index (χ1n) is 11.8. The molecule has 3 aromatic rings. The number of para-hydroxylation sites is 1. The van der Waals surface area contributed by atoms with Gasteiger partial charge in [-0.25, -0.2) is 0 Å². The fraction of sp³-hybridized carbons (Fsp3) is 0.276. The molecule has 0 radical (unpaired) electrons. The van der Waals surface area contributed by atoms with E-state index in [1.165, 1.54) is 0 Å². The number of carbonyl (C=O) groups is 3. The van der Waals surface area contributed by atoms with Gasteiger partial charge >= 0.3 is 0 Å². The quantitative estimate of drug-likeness (QED) is 0.408. The molecule has 1 saturated heterocycles. The standard InChI is InChI=1S/C29H29NO4/c31-27(22-11-4-1-5-12-22)19-24-15-10-16-25(20-28(32)23-13-6-2-7-14-23)30(24)29(33)21-34-26-17-8-3-9-18-26/h1-9,11-14,17-18,24-25H,10,15-16,19-21H2/t24-,25+. The second-order valence-electron chi connectivity index (χ2n) is 8.63. The third-order valence-electron chi connectivity index (χ3n) is 6.29. The number of hydrogen-bond acceptors (Lipinski definition) is 4. The summed E-state index contributed by atoms with van der Waals surface area (Å²) in [6, 6.07) is 27.0. The molecule has 1 amide bonds. The van der Waals surface area contributed by atoms with Gasteiger partial charge in [-0.3, -0.25) is 14.4 Å². The molecule has 1 heterocycles. The van der Waals surface area contributed by atoms with Crippen molar-refractivity contribution in [2.45, 2.75) is 44.2 Å². The first-order valence-corrected chi connectivity index (χ1v) is 11.8. The van der Waals surface area contributed by atoms with E-state index >= 15 is 0 Å². The van der Waals surface area contributed by atoms with Gasteiger partial charge in [-0.05, 0) is 31.4 Å². The van der Waals surface area contributed by atoms with E-state index in [2.05, 4.69) is 0 Å². The molecule has 5 nitrogen and oxygen atoms in total. The highest BCUT2D eigenvalue weighted by atomic mass is 16.5. The van der Waals surface area contributed by atoms with Crippen LogP contribution in [0.4, 0.5) is 0 Å². The highest BCUT2D eigenvalue weighted by Gasteiger charge is 2.36. The first-order chi connectivity index (χ1) is 16.6. The summed E-state index contributed by atoms with van der Waals surface area (Å²) in [7, 11) is 0. The van der Waals surface area contributed by atoms with Gasteiger partial charge in [-0.15, -0.1) is 0 Å². The Bertz CT molecular complexity index is 1040. The van der Waals surface area contributed by atoms with Gasteiger partial charge in [0.05, 0.1) is 0 Å². The molecule has 0 saturated carbocycles. The first kappa shape index (κ1) is 23.4. The highest BCUT2D eigenvalue weighted by Crippen LogP contribution is 2.29. The number of amides is 1. The SMILES string of the molecule is O=C(C[C@H]1CCC[C@@H](CC(=O)c2ccccc2)N1C(=O)COc1ccccc1)c1ccccc1. The van der Waals surface area contributed by atoms with E-state index in [4.69, 9.17) is 4.74 Å². The van der Waals surface area contributed by atoms with E-state index in [9.17, 15) is 14.4 Å². The zero-order valence-electron chi connectivity index (χ0n) is 19.1. The predicted octanol–water partition coefficient (Wildman–Crippen LogP) is 5.36. The molecule has 0 aliphatic carbocycles. The number of hydrogen-bond donors (Lipinski definition) is 0. The van der Waals surface area contributed by atoms with Gasteiger partial charge in [0.25, 0.3) is 5.91 Å². The van der Waals surface area contributed by atoms with Crippen LogP contribution in [0.2, 0.25) is 0 Å². The van der Waals surface area contributed by atoms with Crippen LogP contribution in [0.15, 0.2) is 91.0 Å². The maximum atomic E-state index is 13.4. The lowest BCUT2D eigenvalue weighted by atomic mass is 9.88. The van der Waals surface area contributed by atoms with E-state index in [-0.39, 0.29) is 49.0 Å². The molecule has 34 heavy (non-hydrogen) atoms. The average Bonchev–Trinajstić information content (AvgIpc) is 2.89. The fourth-order valence-corrected chi connectivity index (χ4v) is 4.62. The van der Waals surface area contributed by atoms with Crippen LogP contribution in [-0.4, -0.2) is 41.1 Å². The normalized spacial score (nSPS) is 17.7. The molecule has 1 fully saturated rings. The van der Waals surface area contributed by atoms with Crippen molar-refractivity contribution in [2.75, 3.05) is 6.61 Å². The lowest BCUT2D eigenvalue weighted by Gasteiger charge is -2.42. The van der Waals surface area contributed by atoms with Crippen LogP contribution >= 0.6 is 0 Å². The Morgan fingerprint density at radius 1 is 0.676 bits per heavy atom. The van der Waals surface area contributed by atoms with E-state index in [1.54, 1.807) is 41.3 Å². The predicted molar refractivity (Wildman–Crippen MR) is 131 cm³/mol. The van der Waals surface area contributed by atoms with Crippen molar-refractivity contribution in [3.8, 4) is 5.75 Å². The van der Waals surface area contributed by atoms with Crippen molar-refractivity contribution >= 4 is 17.5 Å². The molecule has 0 unspecified atom stereocenters.